The van der Waals surface area contributed by atoms with Crippen LogP contribution in [0.25, 0.3) is 0 Å². The molecule has 0 aromatic rings. The highest BCUT2D eigenvalue weighted by Crippen LogP contribution is 2.04. The second-order valence-corrected chi connectivity index (χ2v) is 7.42. The van der Waals surface area contributed by atoms with Gasteiger partial charge in [-0.1, -0.05) is 0 Å². The summed E-state index contributed by atoms with van der Waals surface area (Å²) >= 11 is 1.34. The van der Waals surface area contributed by atoms with Crippen molar-refractivity contribution in [2.45, 2.75) is 43.4 Å². The van der Waals surface area contributed by atoms with Crippen LogP contribution < -0.4 is 33.2 Å². The van der Waals surface area contributed by atoms with Gasteiger partial charge >= 0.3 is 5.97 Å². The van der Waals surface area contributed by atoms with Gasteiger partial charge in [-0.05, 0) is 18.4 Å². The van der Waals surface area contributed by atoms with Gasteiger partial charge in [-0.15, -0.1) is 0 Å². The first kappa shape index (κ1) is 28.1. The summed E-state index contributed by atoms with van der Waals surface area (Å²) in [4.78, 5) is 70.3. The van der Waals surface area contributed by atoms with Crippen molar-refractivity contribution < 1.29 is 39.0 Å². The van der Waals surface area contributed by atoms with Crippen LogP contribution in [0.3, 0.4) is 0 Å². The summed E-state index contributed by atoms with van der Waals surface area (Å²) in [6, 6.07) is -5.72. The number of hydrogen-bond acceptors (Lipinski definition) is 9. The van der Waals surface area contributed by atoms with Crippen molar-refractivity contribution in [2.75, 3.05) is 18.6 Å². The van der Waals surface area contributed by atoms with Gasteiger partial charge < -0.3 is 43.4 Å². The number of hydrogen-bond donors (Lipinski definition) is 8. The molecular weight excluding hydrogens is 436 g/mol. The highest BCUT2D eigenvalue weighted by Gasteiger charge is 2.31. The molecule has 0 aromatic carbocycles. The molecule has 0 spiro atoms. The third-order valence-electron chi connectivity index (χ3n) is 3.84. The van der Waals surface area contributed by atoms with Crippen LogP contribution >= 0.6 is 11.8 Å². The Morgan fingerprint density at radius 3 is 1.77 bits per heavy atom. The number of rotatable bonds is 15. The van der Waals surface area contributed by atoms with Crippen LogP contribution in [0.2, 0.25) is 0 Å². The van der Waals surface area contributed by atoms with Crippen molar-refractivity contribution in [2.24, 2.45) is 17.2 Å². The monoisotopic (exact) mass is 464 g/mol. The second kappa shape index (κ2) is 14.2. The van der Waals surface area contributed by atoms with Crippen LogP contribution in [0.5, 0.6) is 0 Å². The fourth-order valence-corrected chi connectivity index (χ4v) is 2.70. The summed E-state index contributed by atoms with van der Waals surface area (Å²) < 4.78 is 0. The Labute approximate surface area is 182 Å². The number of aliphatic carboxylic acids is 1. The number of nitrogens with one attached hydrogen (secondary N) is 3. The number of nitrogens with two attached hydrogens (primary N) is 3. The van der Waals surface area contributed by atoms with Crippen LogP contribution in [0.1, 0.15) is 19.3 Å². The maximum absolute atomic E-state index is 12.6. The minimum atomic E-state index is -1.59. The summed E-state index contributed by atoms with van der Waals surface area (Å²) in [5.41, 5.74) is 15.6. The Morgan fingerprint density at radius 2 is 1.32 bits per heavy atom. The van der Waals surface area contributed by atoms with E-state index in [-0.39, 0.29) is 6.42 Å². The van der Waals surface area contributed by atoms with Gasteiger partial charge in [0.15, 0.2) is 0 Å². The lowest BCUT2D eigenvalue weighted by Crippen LogP contribution is -2.58. The molecule has 31 heavy (non-hydrogen) atoms. The predicted molar refractivity (Wildman–Crippen MR) is 109 cm³/mol. The number of primary amides is 2. The van der Waals surface area contributed by atoms with Crippen molar-refractivity contribution in [3.05, 3.63) is 0 Å². The lowest BCUT2D eigenvalue weighted by atomic mass is 10.1. The van der Waals surface area contributed by atoms with Gasteiger partial charge in [-0.3, -0.25) is 24.0 Å². The minimum Gasteiger partial charge on any atom is -0.480 e. The van der Waals surface area contributed by atoms with Crippen molar-refractivity contribution in [1.82, 2.24) is 16.0 Å². The summed E-state index contributed by atoms with van der Waals surface area (Å²) in [7, 11) is 0. The Kier molecular flexibility index (Phi) is 12.8. The van der Waals surface area contributed by atoms with E-state index in [9.17, 15) is 28.8 Å². The Hall–Kier alpha value is -2.91. The van der Waals surface area contributed by atoms with E-state index in [1.165, 1.54) is 11.8 Å². The largest absolute Gasteiger partial charge is 0.480 e. The Balaban J connectivity index is 5.40. The topological polar surface area (TPSA) is 257 Å². The molecule has 0 bridgehead atoms. The van der Waals surface area contributed by atoms with E-state index in [0.29, 0.717) is 5.75 Å². The smallest absolute Gasteiger partial charge is 0.328 e. The van der Waals surface area contributed by atoms with Crippen LogP contribution in [0.4, 0.5) is 0 Å². The number of carbonyl (C=O) groups is 6. The average Bonchev–Trinajstić information content (AvgIpc) is 2.66. The number of thioether (sulfide) groups is 1. The summed E-state index contributed by atoms with van der Waals surface area (Å²) in [6.45, 7) is -0.873. The minimum absolute atomic E-state index is 0.0783. The van der Waals surface area contributed by atoms with E-state index in [4.69, 9.17) is 27.4 Å². The lowest BCUT2D eigenvalue weighted by Gasteiger charge is -2.24. The summed E-state index contributed by atoms with van der Waals surface area (Å²) in [5.74, 6) is -5.69. The molecular formula is C16H28N6O8S. The number of amides is 5. The maximum atomic E-state index is 12.6. The molecule has 4 atom stereocenters. The zero-order valence-corrected chi connectivity index (χ0v) is 17.6. The van der Waals surface area contributed by atoms with Gasteiger partial charge in [-0.2, -0.15) is 11.8 Å². The van der Waals surface area contributed by atoms with Crippen molar-refractivity contribution in [1.29, 1.82) is 0 Å². The molecule has 0 fully saturated rings. The molecule has 0 aliphatic carbocycles. The van der Waals surface area contributed by atoms with Crippen LogP contribution in [-0.2, 0) is 28.8 Å². The van der Waals surface area contributed by atoms with Gasteiger partial charge in [0.1, 0.15) is 18.1 Å². The number of carboxylic acids is 1. The first-order valence-corrected chi connectivity index (χ1v) is 10.4. The Bertz CT molecular complexity index is 691. The molecule has 11 N–H and O–H groups in total. The van der Waals surface area contributed by atoms with Gasteiger partial charge in [0.2, 0.25) is 29.5 Å². The van der Waals surface area contributed by atoms with E-state index in [1.807, 2.05) is 0 Å². The molecule has 0 aromatic heterocycles. The average molecular weight is 465 g/mol. The zero-order chi connectivity index (χ0) is 24.1. The molecule has 176 valence electrons. The first-order chi connectivity index (χ1) is 14.4. The van der Waals surface area contributed by atoms with Crippen molar-refractivity contribution in [3.63, 3.8) is 0 Å². The quantitative estimate of drug-likeness (QED) is 0.115. The van der Waals surface area contributed by atoms with Crippen LogP contribution in [0.15, 0.2) is 0 Å². The van der Waals surface area contributed by atoms with Gasteiger partial charge in [0, 0.05) is 0 Å². The van der Waals surface area contributed by atoms with Crippen molar-refractivity contribution in [3.8, 4) is 0 Å². The SMILES string of the molecule is CSCCC(NC(=O)C(CC(N)=O)NC(=O)C(N)CC(N)=O)C(=O)NC(CO)C(=O)O. The van der Waals surface area contributed by atoms with Crippen molar-refractivity contribution >= 4 is 47.3 Å². The van der Waals surface area contributed by atoms with Gasteiger partial charge in [0.05, 0.1) is 25.5 Å². The van der Waals surface area contributed by atoms with E-state index >= 15 is 0 Å². The highest BCUT2D eigenvalue weighted by atomic mass is 32.2. The second-order valence-electron chi connectivity index (χ2n) is 6.43. The molecule has 0 aliphatic rings. The fraction of sp³-hybridized carbons (Fsp3) is 0.625. The molecule has 0 saturated carbocycles. The molecule has 4 unspecified atom stereocenters. The number of aliphatic hydroxyl groups excluding tert-OH is 1. The molecule has 0 rings (SSSR count). The van der Waals surface area contributed by atoms with Crippen LogP contribution in [0, 0.1) is 0 Å². The number of carbonyl (C=O) groups excluding carboxylic acids is 5. The number of aliphatic hydroxyl groups is 1. The van der Waals surface area contributed by atoms with E-state index in [1.54, 1.807) is 6.26 Å². The summed E-state index contributed by atoms with van der Waals surface area (Å²) in [5, 5.41) is 24.6. The third-order valence-corrected chi connectivity index (χ3v) is 4.48. The third kappa shape index (κ3) is 11.2. The molecule has 15 heteroatoms. The van der Waals surface area contributed by atoms with E-state index in [2.05, 4.69) is 16.0 Å². The van der Waals surface area contributed by atoms with Gasteiger partial charge in [0.25, 0.3) is 0 Å². The normalized spacial score (nSPS) is 14.4. The zero-order valence-electron chi connectivity index (χ0n) is 16.8. The molecule has 14 nitrogen and oxygen atoms in total. The molecule has 5 amide bonds. The molecule has 0 radical (unpaired) electrons. The predicted octanol–water partition coefficient (Wildman–Crippen LogP) is -4.65. The molecule has 0 aliphatic heterocycles. The van der Waals surface area contributed by atoms with E-state index in [0.717, 1.165) is 0 Å². The number of carboxylic acid groups (broad SMARTS) is 1. The summed E-state index contributed by atoms with van der Waals surface area (Å²) in [6.07, 6.45) is 0.676. The maximum Gasteiger partial charge on any atom is 0.328 e. The van der Waals surface area contributed by atoms with Crippen LogP contribution in [-0.4, -0.2) is 88.5 Å². The lowest BCUT2D eigenvalue weighted by molar-refractivity contribution is -0.143. The van der Waals surface area contributed by atoms with Gasteiger partial charge in [-0.25, -0.2) is 4.79 Å². The standard InChI is InChI=1S/C16H28N6O8S/c1-31-3-2-8(14(27)22-10(6-23)16(29)30)20-15(28)9(5-12(19)25)21-13(26)7(17)4-11(18)24/h7-10,23H,2-6,17H2,1H3,(H2,18,24)(H2,19,25)(H,20,28)(H,21,26)(H,22,27)(H,29,30). The first-order valence-electron chi connectivity index (χ1n) is 8.98. The molecule has 0 heterocycles. The fourth-order valence-electron chi connectivity index (χ4n) is 2.23. The highest BCUT2D eigenvalue weighted by molar-refractivity contribution is 7.98. The molecule has 0 saturated heterocycles. The van der Waals surface area contributed by atoms with E-state index < -0.39 is 79.1 Å². The Morgan fingerprint density at radius 1 is 0.839 bits per heavy atom.